The highest BCUT2D eigenvalue weighted by Crippen LogP contribution is 2.49. The second-order valence-electron chi connectivity index (χ2n) is 5.55. The quantitative estimate of drug-likeness (QED) is 0.758. The minimum absolute atomic E-state index is 0.133. The van der Waals surface area contributed by atoms with Crippen molar-refractivity contribution in [1.82, 2.24) is 0 Å². The molecule has 2 rings (SSSR count). The molecule has 110 valence electrons. The van der Waals surface area contributed by atoms with Gasteiger partial charge in [0.15, 0.2) is 0 Å². The molecule has 3 nitrogen and oxygen atoms in total. The molecule has 0 heterocycles. The highest BCUT2D eigenvalue weighted by Gasteiger charge is 2.45. The fourth-order valence-electron chi connectivity index (χ4n) is 2.31. The van der Waals surface area contributed by atoms with Crippen LogP contribution in [0.25, 0.3) is 0 Å². The Kier molecular flexibility index (Phi) is 4.58. The number of hydrogen-bond donors (Lipinski definition) is 0. The van der Waals surface area contributed by atoms with Crippen molar-refractivity contribution >= 4 is 16.8 Å². The molecule has 1 aromatic rings. The van der Waals surface area contributed by atoms with Crippen molar-refractivity contribution in [3.05, 3.63) is 35.1 Å². The Morgan fingerprint density at radius 1 is 1.45 bits per heavy atom. The maximum atomic E-state index is 13.0. The summed E-state index contributed by atoms with van der Waals surface area (Å²) in [5.74, 6) is 0.410. The molecule has 0 aromatic heterocycles. The Morgan fingerprint density at radius 3 is 2.70 bits per heavy atom. The normalized spacial score (nSPS) is 17.6. The molecular formula is C15H19FO3S. The van der Waals surface area contributed by atoms with E-state index in [1.54, 1.807) is 6.07 Å². The van der Waals surface area contributed by atoms with Gasteiger partial charge in [-0.2, -0.15) is 0 Å². The molecule has 5 heteroatoms. The topological polar surface area (TPSA) is 43.4 Å². The SMILES string of the molecule is COC(=O)CC1(CS(=O)Cc2ccc(F)cc2C)CC1. The highest BCUT2D eigenvalue weighted by atomic mass is 32.2. The van der Waals surface area contributed by atoms with Crippen molar-refractivity contribution in [1.29, 1.82) is 0 Å². The minimum atomic E-state index is -1.04. The number of carbonyl (C=O) groups excluding carboxylic acids is 1. The molecule has 1 aliphatic rings. The van der Waals surface area contributed by atoms with E-state index in [2.05, 4.69) is 4.74 Å². The molecule has 20 heavy (non-hydrogen) atoms. The van der Waals surface area contributed by atoms with Crippen molar-refractivity contribution in [3.8, 4) is 0 Å². The molecule has 1 aliphatic carbocycles. The Hall–Kier alpha value is -1.23. The zero-order valence-corrected chi connectivity index (χ0v) is 12.6. The number of methoxy groups -OCH3 is 1. The van der Waals surface area contributed by atoms with Crippen LogP contribution in [0.4, 0.5) is 4.39 Å². The van der Waals surface area contributed by atoms with Crippen LogP contribution in [0.15, 0.2) is 18.2 Å². The molecule has 1 atom stereocenters. The second kappa shape index (κ2) is 6.04. The van der Waals surface area contributed by atoms with Gasteiger partial charge in [-0.15, -0.1) is 0 Å². The van der Waals surface area contributed by atoms with Crippen LogP contribution in [-0.2, 0) is 26.1 Å². The predicted molar refractivity (Wildman–Crippen MR) is 76.2 cm³/mol. The molecule has 1 aromatic carbocycles. The third-order valence-corrected chi connectivity index (χ3v) is 5.36. The summed E-state index contributed by atoms with van der Waals surface area (Å²) in [6, 6.07) is 4.52. The summed E-state index contributed by atoms with van der Waals surface area (Å²) in [6.45, 7) is 1.82. The zero-order valence-electron chi connectivity index (χ0n) is 11.8. The third kappa shape index (κ3) is 3.88. The summed E-state index contributed by atoms with van der Waals surface area (Å²) < 4.78 is 29.9. The predicted octanol–water partition coefficient (Wildman–Crippen LogP) is 2.73. The van der Waals surface area contributed by atoms with Crippen LogP contribution in [-0.4, -0.2) is 23.0 Å². The summed E-state index contributed by atoms with van der Waals surface area (Å²) in [7, 11) is 0.329. The zero-order chi connectivity index (χ0) is 14.8. The van der Waals surface area contributed by atoms with Crippen molar-refractivity contribution in [3.63, 3.8) is 0 Å². The van der Waals surface area contributed by atoms with Crippen LogP contribution in [0.3, 0.4) is 0 Å². The lowest BCUT2D eigenvalue weighted by atomic mass is 10.1. The molecule has 0 saturated heterocycles. The van der Waals surface area contributed by atoms with Gasteiger partial charge in [0, 0.05) is 22.3 Å². The van der Waals surface area contributed by atoms with Crippen LogP contribution in [0.2, 0.25) is 0 Å². The Balaban J connectivity index is 1.94. The number of aryl methyl sites for hydroxylation is 1. The average Bonchev–Trinajstić information content (AvgIpc) is 3.12. The van der Waals surface area contributed by atoms with Gasteiger partial charge in [-0.3, -0.25) is 9.00 Å². The van der Waals surface area contributed by atoms with Gasteiger partial charge in [0.05, 0.1) is 13.5 Å². The van der Waals surface area contributed by atoms with E-state index >= 15 is 0 Å². The monoisotopic (exact) mass is 298 g/mol. The van der Waals surface area contributed by atoms with Gasteiger partial charge < -0.3 is 4.74 Å². The number of hydrogen-bond acceptors (Lipinski definition) is 3. The minimum Gasteiger partial charge on any atom is -0.469 e. The third-order valence-electron chi connectivity index (χ3n) is 3.79. The van der Waals surface area contributed by atoms with E-state index in [0.29, 0.717) is 17.9 Å². The maximum Gasteiger partial charge on any atom is 0.306 e. The van der Waals surface area contributed by atoms with E-state index in [4.69, 9.17) is 0 Å². The maximum absolute atomic E-state index is 13.0. The average molecular weight is 298 g/mol. The number of carbonyl (C=O) groups is 1. The molecular weight excluding hydrogens is 279 g/mol. The number of halogens is 1. The van der Waals surface area contributed by atoms with Crippen molar-refractivity contribution in [2.75, 3.05) is 12.9 Å². The summed E-state index contributed by atoms with van der Waals surface area (Å²) in [6.07, 6.45) is 2.20. The Bertz CT molecular complexity index is 538. The molecule has 0 spiro atoms. The molecule has 1 fully saturated rings. The molecule has 1 saturated carbocycles. The lowest BCUT2D eigenvalue weighted by molar-refractivity contribution is -0.141. The fourth-order valence-corrected chi connectivity index (χ4v) is 4.16. The summed E-state index contributed by atoms with van der Waals surface area (Å²) >= 11 is 0. The van der Waals surface area contributed by atoms with E-state index in [0.717, 1.165) is 24.0 Å². The van der Waals surface area contributed by atoms with Crippen LogP contribution in [0.1, 0.15) is 30.4 Å². The molecule has 0 amide bonds. The first-order chi connectivity index (χ1) is 9.44. The van der Waals surface area contributed by atoms with Crippen LogP contribution in [0.5, 0.6) is 0 Å². The standard InChI is InChI=1S/C15H19FO3S/c1-11-7-13(16)4-3-12(11)9-20(18)10-15(5-6-15)8-14(17)19-2/h3-4,7H,5-6,8-10H2,1-2H3. The number of rotatable bonds is 6. The van der Waals surface area contributed by atoms with E-state index in [1.165, 1.54) is 19.2 Å². The number of esters is 1. The molecule has 1 unspecified atom stereocenters. The first kappa shape index (κ1) is 15.2. The van der Waals surface area contributed by atoms with E-state index in [9.17, 15) is 13.4 Å². The molecule has 0 radical (unpaired) electrons. The highest BCUT2D eigenvalue weighted by molar-refractivity contribution is 7.84. The summed E-state index contributed by atoms with van der Waals surface area (Å²) in [4.78, 5) is 11.3. The lowest BCUT2D eigenvalue weighted by Crippen LogP contribution is -2.18. The van der Waals surface area contributed by atoms with Crippen molar-refractivity contribution < 1.29 is 18.1 Å². The lowest BCUT2D eigenvalue weighted by Gasteiger charge is -2.13. The van der Waals surface area contributed by atoms with Gasteiger partial charge >= 0.3 is 5.97 Å². The first-order valence-electron chi connectivity index (χ1n) is 6.61. The largest absolute Gasteiger partial charge is 0.469 e. The van der Waals surface area contributed by atoms with Crippen molar-refractivity contribution in [2.24, 2.45) is 5.41 Å². The van der Waals surface area contributed by atoms with Crippen LogP contribution < -0.4 is 0 Å². The van der Waals surface area contributed by atoms with Gasteiger partial charge in [-0.05, 0) is 48.4 Å². The smallest absolute Gasteiger partial charge is 0.306 e. The van der Waals surface area contributed by atoms with Crippen molar-refractivity contribution in [2.45, 2.75) is 31.9 Å². The van der Waals surface area contributed by atoms with Crippen LogP contribution in [0, 0.1) is 18.2 Å². The number of benzene rings is 1. The van der Waals surface area contributed by atoms with Crippen LogP contribution >= 0.6 is 0 Å². The summed E-state index contributed by atoms with van der Waals surface area (Å²) in [5.41, 5.74) is 1.58. The van der Waals surface area contributed by atoms with Gasteiger partial charge in [-0.1, -0.05) is 6.07 Å². The number of ether oxygens (including phenoxy) is 1. The van der Waals surface area contributed by atoms with Gasteiger partial charge in [0.1, 0.15) is 5.82 Å². The van der Waals surface area contributed by atoms with E-state index in [-0.39, 0.29) is 17.2 Å². The Morgan fingerprint density at radius 2 is 2.15 bits per heavy atom. The van der Waals surface area contributed by atoms with Gasteiger partial charge in [0.2, 0.25) is 0 Å². The molecule has 0 bridgehead atoms. The summed E-state index contributed by atoms with van der Waals surface area (Å²) in [5, 5.41) is 0. The first-order valence-corrected chi connectivity index (χ1v) is 8.10. The van der Waals surface area contributed by atoms with Gasteiger partial charge in [-0.25, -0.2) is 4.39 Å². The van der Waals surface area contributed by atoms with Gasteiger partial charge in [0.25, 0.3) is 0 Å². The fraction of sp³-hybridized carbons (Fsp3) is 0.533. The molecule has 0 aliphatic heterocycles. The van der Waals surface area contributed by atoms with E-state index < -0.39 is 10.8 Å². The second-order valence-corrected chi connectivity index (χ2v) is 7.01. The Labute approximate surface area is 121 Å². The molecule has 0 N–H and O–H groups in total. The van der Waals surface area contributed by atoms with E-state index in [1.807, 2.05) is 6.92 Å².